The summed E-state index contributed by atoms with van der Waals surface area (Å²) in [6.45, 7) is 2.44. The molecule has 0 radical (unpaired) electrons. The number of para-hydroxylation sites is 1. The van der Waals surface area contributed by atoms with Crippen molar-refractivity contribution in [1.82, 2.24) is 4.57 Å². The average molecular weight is 321 g/mol. The highest BCUT2D eigenvalue weighted by molar-refractivity contribution is 5.81. The molecule has 3 rings (SSSR count). The van der Waals surface area contributed by atoms with Crippen molar-refractivity contribution in [1.29, 1.82) is 0 Å². The lowest BCUT2D eigenvalue weighted by atomic mass is 10.2. The Balaban J connectivity index is 1.89. The maximum absolute atomic E-state index is 12.0. The number of hydrogen-bond acceptors (Lipinski definition) is 6. The maximum atomic E-state index is 12.0. The highest BCUT2D eigenvalue weighted by Crippen LogP contribution is 2.27. The molecule has 2 aromatic rings. The molecule has 0 saturated carbocycles. The van der Waals surface area contributed by atoms with E-state index in [0.29, 0.717) is 23.5 Å². The second-order valence-electron chi connectivity index (χ2n) is 5.28. The SMILES string of the molecule is CCOC(=O)Cn1c(=O)oc2c(OC3CCCCO3)cccc21. The van der Waals surface area contributed by atoms with E-state index in [1.807, 2.05) is 0 Å². The standard InChI is InChI=1S/C16H19NO6/c1-2-20-13(18)10-17-11-6-5-7-12(15(11)23-16(17)19)22-14-8-3-4-9-21-14/h5-7,14H,2-4,8-10H2,1H3. The summed E-state index contributed by atoms with van der Waals surface area (Å²) in [5, 5.41) is 0. The van der Waals surface area contributed by atoms with Gasteiger partial charge in [-0.05, 0) is 31.9 Å². The summed E-state index contributed by atoms with van der Waals surface area (Å²) < 4.78 is 22.7. The van der Waals surface area contributed by atoms with E-state index in [-0.39, 0.29) is 19.4 Å². The van der Waals surface area contributed by atoms with Gasteiger partial charge in [0, 0.05) is 6.42 Å². The summed E-state index contributed by atoms with van der Waals surface area (Å²) in [4.78, 5) is 23.7. The summed E-state index contributed by atoms with van der Waals surface area (Å²) in [7, 11) is 0. The van der Waals surface area contributed by atoms with E-state index < -0.39 is 11.7 Å². The number of fused-ring (bicyclic) bond motifs is 1. The van der Waals surface area contributed by atoms with Crippen LogP contribution in [0.25, 0.3) is 11.1 Å². The Bertz CT molecular complexity index is 741. The number of carbonyl (C=O) groups is 1. The number of ether oxygens (including phenoxy) is 3. The number of carbonyl (C=O) groups excluding carboxylic acids is 1. The van der Waals surface area contributed by atoms with Crippen molar-refractivity contribution in [2.45, 2.75) is 39.0 Å². The lowest BCUT2D eigenvalue weighted by molar-refractivity contribution is -0.143. The van der Waals surface area contributed by atoms with Gasteiger partial charge in [0.15, 0.2) is 17.6 Å². The zero-order valence-electron chi connectivity index (χ0n) is 12.9. The lowest BCUT2D eigenvalue weighted by Gasteiger charge is -2.23. The third-order valence-electron chi connectivity index (χ3n) is 3.65. The summed E-state index contributed by atoms with van der Waals surface area (Å²) in [5.41, 5.74) is 0.812. The van der Waals surface area contributed by atoms with Crippen LogP contribution in [0.3, 0.4) is 0 Å². The molecule has 1 unspecified atom stereocenters. The van der Waals surface area contributed by atoms with Crippen LogP contribution in [0.2, 0.25) is 0 Å². The number of aromatic nitrogens is 1. The molecule has 0 aliphatic carbocycles. The van der Waals surface area contributed by atoms with Crippen LogP contribution >= 0.6 is 0 Å². The van der Waals surface area contributed by atoms with E-state index in [0.717, 1.165) is 19.3 Å². The Labute approximate surface area is 132 Å². The van der Waals surface area contributed by atoms with Crippen LogP contribution in [0, 0.1) is 0 Å². The molecular weight excluding hydrogens is 302 g/mol. The molecule has 0 amide bonds. The molecule has 23 heavy (non-hydrogen) atoms. The fraction of sp³-hybridized carbons (Fsp3) is 0.500. The van der Waals surface area contributed by atoms with Crippen molar-refractivity contribution < 1.29 is 23.4 Å². The molecule has 7 nitrogen and oxygen atoms in total. The highest BCUT2D eigenvalue weighted by Gasteiger charge is 2.20. The van der Waals surface area contributed by atoms with E-state index in [2.05, 4.69) is 0 Å². The monoisotopic (exact) mass is 321 g/mol. The molecule has 0 bridgehead atoms. The normalized spacial score (nSPS) is 18.0. The number of hydrogen-bond donors (Lipinski definition) is 0. The van der Waals surface area contributed by atoms with Gasteiger partial charge in [0.05, 0.1) is 18.7 Å². The van der Waals surface area contributed by atoms with Crippen molar-refractivity contribution in [3.63, 3.8) is 0 Å². The van der Waals surface area contributed by atoms with Crippen LogP contribution in [0.15, 0.2) is 27.4 Å². The first-order chi connectivity index (χ1) is 11.2. The van der Waals surface area contributed by atoms with Gasteiger partial charge in [-0.1, -0.05) is 6.07 Å². The zero-order chi connectivity index (χ0) is 16.2. The quantitative estimate of drug-likeness (QED) is 0.784. The topological polar surface area (TPSA) is 79.9 Å². The summed E-state index contributed by atoms with van der Waals surface area (Å²) in [6, 6.07) is 5.17. The minimum atomic E-state index is -0.617. The Kier molecular flexibility index (Phi) is 4.66. The second-order valence-corrected chi connectivity index (χ2v) is 5.28. The average Bonchev–Trinajstić information content (AvgIpc) is 2.86. The van der Waals surface area contributed by atoms with Gasteiger partial charge >= 0.3 is 11.7 Å². The minimum Gasteiger partial charge on any atom is -0.465 e. The van der Waals surface area contributed by atoms with Gasteiger partial charge in [-0.2, -0.15) is 0 Å². The molecule has 0 spiro atoms. The fourth-order valence-electron chi connectivity index (χ4n) is 2.58. The number of oxazole rings is 1. The molecular formula is C16H19NO6. The first-order valence-electron chi connectivity index (χ1n) is 7.75. The van der Waals surface area contributed by atoms with Gasteiger partial charge in [-0.25, -0.2) is 4.79 Å². The van der Waals surface area contributed by atoms with Gasteiger partial charge < -0.3 is 18.6 Å². The molecule has 0 N–H and O–H groups in total. The van der Waals surface area contributed by atoms with E-state index in [4.69, 9.17) is 18.6 Å². The lowest BCUT2D eigenvalue weighted by Crippen LogP contribution is -2.25. The molecule has 124 valence electrons. The number of rotatable bonds is 5. The molecule has 1 aromatic heterocycles. The molecule has 1 saturated heterocycles. The summed E-state index contributed by atoms with van der Waals surface area (Å²) in [5.74, 6) is -0.665. The molecule has 7 heteroatoms. The van der Waals surface area contributed by atoms with E-state index in [9.17, 15) is 9.59 Å². The van der Waals surface area contributed by atoms with Gasteiger partial charge in [-0.15, -0.1) is 0 Å². The first kappa shape index (κ1) is 15.6. The Morgan fingerprint density at radius 3 is 3.00 bits per heavy atom. The van der Waals surface area contributed by atoms with Crippen molar-refractivity contribution in [2.24, 2.45) is 0 Å². The largest absolute Gasteiger partial charge is 0.465 e. The molecule has 1 aliphatic heterocycles. The maximum Gasteiger partial charge on any atom is 0.420 e. The number of esters is 1. The minimum absolute atomic E-state index is 0.191. The third kappa shape index (κ3) is 3.39. The number of nitrogens with zero attached hydrogens (tertiary/aromatic N) is 1. The molecule has 1 aliphatic rings. The van der Waals surface area contributed by atoms with Crippen molar-refractivity contribution in [3.8, 4) is 5.75 Å². The van der Waals surface area contributed by atoms with Crippen molar-refractivity contribution in [3.05, 3.63) is 28.7 Å². The van der Waals surface area contributed by atoms with E-state index in [1.165, 1.54) is 4.57 Å². The third-order valence-corrected chi connectivity index (χ3v) is 3.65. The van der Waals surface area contributed by atoms with E-state index >= 15 is 0 Å². The predicted molar refractivity (Wildman–Crippen MR) is 81.3 cm³/mol. The van der Waals surface area contributed by atoms with Gasteiger partial charge in [0.1, 0.15) is 6.54 Å². The molecule has 1 fully saturated rings. The molecule has 1 aromatic carbocycles. The molecule has 1 atom stereocenters. The van der Waals surface area contributed by atoms with Crippen LogP contribution in [-0.2, 0) is 20.8 Å². The van der Waals surface area contributed by atoms with E-state index in [1.54, 1.807) is 25.1 Å². The van der Waals surface area contributed by atoms with Gasteiger partial charge in [-0.3, -0.25) is 9.36 Å². The zero-order valence-corrected chi connectivity index (χ0v) is 12.9. The van der Waals surface area contributed by atoms with Crippen molar-refractivity contribution in [2.75, 3.05) is 13.2 Å². The van der Waals surface area contributed by atoms with Crippen LogP contribution < -0.4 is 10.5 Å². The summed E-state index contributed by atoms with van der Waals surface area (Å²) in [6.07, 6.45) is 2.52. The smallest absolute Gasteiger partial charge is 0.420 e. The second kappa shape index (κ2) is 6.87. The Morgan fingerprint density at radius 1 is 1.39 bits per heavy atom. The Morgan fingerprint density at radius 2 is 2.26 bits per heavy atom. The summed E-state index contributed by atoms with van der Waals surface area (Å²) >= 11 is 0. The van der Waals surface area contributed by atoms with Crippen molar-refractivity contribution >= 4 is 17.1 Å². The van der Waals surface area contributed by atoms with Crippen LogP contribution in [0.4, 0.5) is 0 Å². The van der Waals surface area contributed by atoms with Crippen LogP contribution in [0.5, 0.6) is 5.75 Å². The fourth-order valence-corrected chi connectivity index (χ4v) is 2.58. The van der Waals surface area contributed by atoms with Crippen LogP contribution in [-0.4, -0.2) is 30.0 Å². The first-order valence-corrected chi connectivity index (χ1v) is 7.75. The highest BCUT2D eigenvalue weighted by atomic mass is 16.7. The Hall–Kier alpha value is -2.28. The van der Waals surface area contributed by atoms with Gasteiger partial charge in [0.2, 0.25) is 0 Å². The predicted octanol–water partition coefficient (Wildman–Crippen LogP) is 2.06. The van der Waals surface area contributed by atoms with Crippen LogP contribution in [0.1, 0.15) is 26.2 Å². The van der Waals surface area contributed by atoms with Gasteiger partial charge in [0.25, 0.3) is 0 Å². The number of benzene rings is 1. The molecule has 2 heterocycles.